The van der Waals surface area contributed by atoms with Gasteiger partial charge in [0.05, 0.1) is 11.4 Å². The number of oxazole rings is 1. The van der Waals surface area contributed by atoms with Gasteiger partial charge in [0.1, 0.15) is 16.5 Å². The Hall–Kier alpha value is -1.99. The fourth-order valence-corrected chi connectivity index (χ4v) is 2.63. The number of aryl methyl sites for hydroxylation is 2. The molecule has 0 aromatic carbocycles. The lowest BCUT2D eigenvalue weighted by atomic mass is 10.3. The molecule has 3 aromatic heterocycles. The molecule has 7 heteroatoms. The van der Waals surface area contributed by atoms with Crippen LogP contribution >= 0.6 is 11.3 Å². The molecule has 0 spiro atoms. The smallest absolute Gasteiger partial charge is 0.181 e. The van der Waals surface area contributed by atoms with Crippen LogP contribution in [0.2, 0.25) is 0 Å². The first-order valence-electron chi connectivity index (χ1n) is 6.26. The Kier molecular flexibility index (Phi) is 3.62. The molecular formula is C13H15N5OS. The molecule has 0 aliphatic heterocycles. The highest BCUT2D eigenvalue weighted by atomic mass is 32.1. The monoisotopic (exact) mass is 289 g/mol. The van der Waals surface area contributed by atoms with Crippen molar-refractivity contribution in [3.8, 4) is 10.7 Å². The zero-order valence-electron chi connectivity index (χ0n) is 11.3. The maximum atomic E-state index is 5.16. The fourth-order valence-electron chi connectivity index (χ4n) is 1.84. The molecule has 0 bridgehead atoms. The van der Waals surface area contributed by atoms with Crippen LogP contribution in [0.5, 0.6) is 0 Å². The third-order valence-corrected chi connectivity index (χ3v) is 3.84. The van der Waals surface area contributed by atoms with Gasteiger partial charge in [0.25, 0.3) is 0 Å². The highest BCUT2D eigenvalue weighted by molar-refractivity contribution is 7.13. The summed E-state index contributed by atoms with van der Waals surface area (Å²) in [5.41, 5.74) is 2.86. The summed E-state index contributed by atoms with van der Waals surface area (Å²) in [5, 5.41) is 10.7. The Morgan fingerprint density at radius 1 is 1.40 bits per heavy atom. The van der Waals surface area contributed by atoms with E-state index in [9.17, 15) is 0 Å². The van der Waals surface area contributed by atoms with Gasteiger partial charge < -0.3 is 9.73 Å². The second kappa shape index (κ2) is 5.56. The van der Waals surface area contributed by atoms with Crippen LogP contribution in [0.15, 0.2) is 28.5 Å². The predicted octanol–water partition coefficient (Wildman–Crippen LogP) is 2.13. The van der Waals surface area contributed by atoms with Gasteiger partial charge in [0.2, 0.25) is 0 Å². The lowest BCUT2D eigenvalue weighted by Gasteiger charge is -1.99. The molecular weight excluding hydrogens is 274 g/mol. The summed E-state index contributed by atoms with van der Waals surface area (Å²) in [6.45, 7) is 3.29. The molecule has 0 atom stereocenters. The first-order valence-corrected chi connectivity index (χ1v) is 7.14. The molecule has 0 radical (unpaired) electrons. The molecule has 20 heavy (non-hydrogen) atoms. The van der Waals surface area contributed by atoms with Crippen LogP contribution in [-0.4, -0.2) is 19.7 Å². The highest BCUT2D eigenvalue weighted by Crippen LogP contribution is 2.21. The quantitative estimate of drug-likeness (QED) is 0.779. The van der Waals surface area contributed by atoms with E-state index in [2.05, 4.69) is 20.4 Å². The maximum absolute atomic E-state index is 5.16. The molecule has 104 valence electrons. The van der Waals surface area contributed by atoms with Crippen molar-refractivity contribution in [1.29, 1.82) is 0 Å². The molecule has 1 N–H and O–H groups in total. The average Bonchev–Trinajstić information content (AvgIpc) is 3.12. The van der Waals surface area contributed by atoms with Crippen molar-refractivity contribution in [3.63, 3.8) is 0 Å². The van der Waals surface area contributed by atoms with E-state index in [1.807, 2.05) is 31.6 Å². The van der Waals surface area contributed by atoms with Gasteiger partial charge >= 0.3 is 0 Å². The largest absolute Gasteiger partial charge is 0.448 e. The van der Waals surface area contributed by atoms with E-state index < -0.39 is 0 Å². The Labute approximate surface area is 120 Å². The van der Waals surface area contributed by atoms with Crippen LogP contribution in [0.25, 0.3) is 10.7 Å². The zero-order valence-corrected chi connectivity index (χ0v) is 12.1. The van der Waals surface area contributed by atoms with Crippen molar-refractivity contribution in [3.05, 3.63) is 41.2 Å². The van der Waals surface area contributed by atoms with Crippen LogP contribution in [0.3, 0.4) is 0 Å². The number of nitrogens with zero attached hydrogens (tertiary/aromatic N) is 4. The van der Waals surface area contributed by atoms with Crippen molar-refractivity contribution in [2.45, 2.75) is 20.0 Å². The third kappa shape index (κ3) is 2.78. The zero-order chi connectivity index (χ0) is 13.9. The summed E-state index contributed by atoms with van der Waals surface area (Å²) < 4.78 is 6.94. The Morgan fingerprint density at radius 2 is 2.30 bits per heavy atom. The standard InChI is InChI=1S/C13H15N5OS/c1-9-12(15-8-19-9)6-14-5-10-7-20-13(16-10)11-3-4-18(2)17-11/h3-4,7-8,14H,5-6H2,1-2H3. The molecule has 0 saturated carbocycles. The molecule has 0 aliphatic rings. The van der Waals surface area contributed by atoms with Crippen molar-refractivity contribution < 1.29 is 4.42 Å². The molecule has 3 rings (SSSR count). The highest BCUT2D eigenvalue weighted by Gasteiger charge is 2.08. The molecule has 0 aliphatic carbocycles. The SMILES string of the molecule is Cc1ocnc1CNCc1csc(-c2ccn(C)n2)n1. The van der Waals surface area contributed by atoms with Gasteiger partial charge in [-0.3, -0.25) is 4.68 Å². The molecule has 0 unspecified atom stereocenters. The summed E-state index contributed by atoms with van der Waals surface area (Å²) in [6, 6.07) is 1.97. The van der Waals surface area contributed by atoms with Gasteiger partial charge in [-0.15, -0.1) is 11.3 Å². The summed E-state index contributed by atoms with van der Waals surface area (Å²) in [6.07, 6.45) is 3.39. The van der Waals surface area contributed by atoms with E-state index in [1.165, 1.54) is 6.39 Å². The Bertz CT molecular complexity index is 699. The predicted molar refractivity (Wildman–Crippen MR) is 76.1 cm³/mol. The molecule has 0 saturated heterocycles. The Morgan fingerprint density at radius 3 is 3.00 bits per heavy atom. The molecule has 3 aromatic rings. The second-order valence-electron chi connectivity index (χ2n) is 4.48. The lowest BCUT2D eigenvalue weighted by Crippen LogP contribution is -2.13. The van der Waals surface area contributed by atoms with E-state index in [-0.39, 0.29) is 0 Å². The van der Waals surface area contributed by atoms with E-state index >= 15 is 0 Å². The summed E-state index contributed by atoms with van der Waals surface area (Å²) >= 11 is 1.61. The maximum Gasteiger partial charge on any atom is 0.181 e. The normalized spacial score (nSPS) is 11.1. The Balaban J connectivity index is 1.59. The van der Waals surface area contributed by atoms with Crippen LogP contribution in [-0.2, 0) is 20.1 Å². The summed E-state index contributed by atoms with van der Waals surface area (Å²) in [5.74, 6) is 0.852. The summed E-state index contributed by atoms with van der Waals surface area (Å²) in [7, 11) is 1.90. The van der Waals surface area contributed by atoms with Crippen molar-refractivity contribution in [2.24, 2.45) is 7.05 Å². The van der Waals surface area contributed by atoms with Crippen LogP contribution in [0, 0.1) is 6.92 Å². The first kappa shape index (κ1) is 13.0. The van der Waals surface area contributed by atoms with Gasteiger partial charge in [-0.2, -0.15) is 5.10 Å². The van der Waals surface area contributed by atoms with Gasteiger partial charge in [-0.25, -0.2) is 9.97 Å². The fraction of sp³-hybridized carbons (Fsp3) is 0.308. The molecule has 6 nitrogen and oxygen atoms in total. The number of rotatable bonds is 5. The van der Waals surface area contributed by atoms with Gasteiger partial charge in [0, 0.05) is 31.7 Å². The van der Waals surface area contributed by atoms with E-state index in [0.29, 0.717) is 13.1 Å². The minimum absolute atomic E-state index is 0.679. The van der Waals surface area contributed by atoms with Gasteiger partial charge in [-0.1, -0.05) is 0 Å². The van der Waals surface area contributed by atoms with Crippen molar-refractivity contribution in [2.75, 3.05) is 0 Å². The number of hydrogen-bond donors (Lipinski definition) is 1. The topological polar surface area (TPSA) is 68.8 Å². The minimum Gasteiger partial charge on any atom is -0.448 e. The van der Waals surface area contributed by atoms with Gasteiger partial charge in [0.15, 0.2) is 6.39 Å². The van der Waals surface area contributed by atoms with Crippen molar-refractivity contribution >= 4 is 11.3 Å². The number of nitrogens with one attached hydrogen (secondary N) is 1. The van der Waals surface area contributed by atoms with Crippen LogP contribution in [0.4, 0.5) is 0 Å². The van der Waals surface area contributed by atoms with E-state index in [4.69, 9.17) is 4.42 Å². The number of thiazole rings is 1. The number of aromatic nitrogens is 4. The second-order valence-corrected chi connectivity index (χ2v) is 5.34. The molecule has 0 fully saturated rings. The third-order valence-electron chi connectivity index (χ3n) is 2.93. The first-order chi connectivity index (χ1) is 9.72. The van der Waals surface area contributed by atoms with E-state index in [0.717, 1.165) is 27.8 Å². The van der Waals surface area contributed by atoms with Crippen molar-refractivity contribution in [1.82, 2.24) is 25.1 Å². The lowest BCUT2D eigenvalue weighted by molar-refractivity contribution is 0.522. The molecule has 3 heterocycles. The minimum atomic E-state index is 0.679. The van der Waals surface area contributed by atoms with Crippen LogP contribution in [0.1, 0.15) is 17.1 Å². The van der Waals surface area contributed by atoms with Crippen LogP contribution < -0.4 is 5.32 Å². The number of hydrogen-bond acceptors (Lipinski definition) is 6. The van der Waals surface area contributed by atoms with Gasteiger partial charge in [-0.05, 0) is 13.0 Å². The van der Waals surface area contributed by atoms with E-state index in [1.54, 1.807) is 16.0 Å². The molecule has 0 amide bonds. The summed E-state index contributed by atoms with van der Waals surface area (Å²) in [4.78, 5) is 8.71. The average molecular weight is 289 g/mol.